The predicted molar refractivity (Wildman–Crippen MR) is 111 cm³/mol. The number of nitriles is 1. The molecule has 1 atom stereocenters. The number of nitrogens with zero attached hydrogens (tertiary/aromatic N) is 3. The Hall–Kier alpha value is -3.31. The maximum absolute atomic E-state index is 12.7. The van der Waals surface area contributed by atoms with Gasteiger partial charge < -0.3 is 19.8 Å². The summed E-state index contributed by atoms with van der Waals surface area (Å²) in [7, 11) is 1.42. The van der Waals surface area contributed by atoms with Crippen LogP contribution < -0.4 is 20.3 Å². The van der Waals surface area contributed by atoms with Crippen LogP contribution in [-0.4, -0.2) is 28.2 Å². The van der Waals surface area contributed by atoms with Crippen molar-refractivity contribution in [1.29, 1.82) is 5.26 Å². The van der Waals surface area contributed by atoms with Gasteiger partial charge in [0, 0.05) is 10.9 Å². The highest BCUT2D eigenvalue weighted by atomic mass is 35.5. The maximum atomic E-state index is 12.7. The van der Waals surface area contributed by atoms with Crippen LogP contribution >= 0.6 is 11.6 Å². The van der Waals surface area contributed by atoms with Crippen molar-refractivity contribution in [3.05, 3.63) is 50.9 Å². The smallest absolute Gasteiger partial charge is 0.253 e. The van der Waals surface area contributed by atoms with Crippen LogP contribution in [-0.2, 0) is 0 Å². The minimum absolute atomic E-state index is 0.0374. The van der Waals surface area contributed by atoms with Crippen LogP contribution in [0.25, 0.3) is 10.9 Å². The van der Waals surface area contributed by atoms with Crippen LogP contribution in [0.2, 0.25) is 5.02 Å². The molecule has 2 heterocycles. The Labute approximate surface area is 172 Å². The molecule has 0 fully saturated rings. The quantitative estimate of drug-likeness (QED) is 0.631. The number of hydrogen-bond acceptors (Lipinski definition) is 7. The van der Waals surface area contributed by atoms with Gasteiger partial charge in [-0.3, -0.25) is 4.79 Å². The molecule has 8 nitrogen and oxygen atoms in total. The normalized spacial score (nSPS) is 11.9. The van der Waals surface area contributed by atoms with Crippen molar-refractivity contribution in [1.82, 2.24) is 15.0 Å². The number of pyridine rings is 1. The number of rotatable bonds is 6. The van der Waals surface area contributed by atoms with Gasteiger partial charge in [0.05, 0.1) is 31.0 Å². The van der Waals surface area contributed by atoms with Crippen molar-refractivity contribution in [2.45, 2.75) is 32.9 Å². The number of fused-ring (bicyclic) bond motifs is 1. The third kappa shape index (κ3) is 4.25. The molecule has 0 saturated heterocycles. The van der Waals surface area contributed by atoms with E-state index in [4.69, 9.17) is 26.3 Å². The van der Waals surface area contributed by atoms with Crippen LogP contribution in [0.15, 0.2) is 29.2 Å². The molecule has 3 rings (SSSR count). The molecule has 29 heavy (non-hydrogen) atoms. The molecule has 3 aromatic rings. The van der Waals surface area contributed by atoms with Crippen molar-refractivity contribution in [2.24, 2.45) is 0 Å². The molecule has 0 spiro atoms. The summed E-state index contributed by atoms with van der Waals surface area (Å²) in [6.45, 7) is 5.61. The number of benzene rings is 1. The van der Waals surface area contributed by atoms with E-state index in [1.165, 1.54) is 13.3 Å². The number of aromatic nitrogens is 3. The number of hydrogen-bond donors (Lipinski definition) is 2. The van der Waals surface area contributed by atoms with Crippen LogP contribution in [0.4, 0.5) is 5.95 Å². The van der Waals surface area contributed by atoms with Crippen molar-refractivity contribution in [3.8, 4) is 17.7 Å². The van der Waals surface area contributed by atoms with Gasteiger partial charge >= 0.3 is 0 Å². The average Bonchev–Trinajstić information content (AvgIpc) is 2.69. The van der Waals surface area contributed by atoms with Gasteiger partial charge in [-0.25, -0.2) is 4.98 Å². The van der Waals surface area contributed by atoms with Crippen molar-refractivity contribution in [2.75, 3.05) is 12.4 Å². The lowest BCUT2D eigenvalue weighted by atomic mass is 10.1. The van der Waals surface area contributed by atoms with E-state index in [2.05, 4.69) is 20.3 Å². The first-order valence-electron chi connectivity index (χ1n) is 8.93. The number of nitrogens with one attached hydrogen (secondary N) is 2. The van der Waals surface area contributed by atoms with E-state index in [-0.39, 0.29) is 29.1 Å². The first-order chi connectivity index (χ1) is 13.8. The van der Waals surface area contributed by atoms with Crippen LogP contribution in [0.5, 0.6) is 11.6 Å². The standard InChI is InChI=1S/C20H20ClN5O3/c1-10(2)29-15-6-5-12-7-14(18(27)25-17(12)16(15)21)11(3)24-20-23-9-13(8-22)19(26-20)28-4/h5-7,9-11H,1-4H3,(H,25,27)(H,23,24,26)/t11-/m0/s1. The molecule has 2 aromatic heterocycles. The van der Waals surface area contributed by atoms with Crippen molar-refractivity contribution in [3.63, 3.8) is 0 Å². The van der Waals surface area contributed by atoms with Gasteiger partial charge in [-0.05, 0) is 39.0 Å². The molecule has 0 aliphatic carbocycles. The highest BCUT2D eigenvalue weighted by Crippen LogP contribution is 2.32. The monoisotopic (exact) mass is 413 g/mol. The molecule has 0 saturated carbocycles. The summed E-state index contributed by atoms with van der Waals surface area (Å²) in [4.78, 5) is 23.8. The Bertz CT molecular complexity index is 1150. The van der Waals surface area contributed by atoms with E-state index >= 15 is 0 Å². The lowest BCUT2D eigenvalue weighted by Gasteiger charge is -2.16. The third-order valence-corrected chi connectivity index (χ3v) is 4.57. The van der Waals surface area contributed by atoms with Gasteiger partial charge in [0.25, 0.3) is 5.56 Å². The SMILES string of the molecule is COc1nc(N[C@@H](C)c2cc3ccc(OC(C)C)c(Cl)c3[nH]c2=O)ncc1C#N. The minimum Gasteiger partial charge on any atom is -0.489 e. The lowest BCUT2D eigenvalue weighted by molar-refractivity contribution is 0.243. The van der Waals surface area contributed by atoms with E-state index < -0.39 is 6.04 Å². The molecule has 1 aromatic carbocycles. The minimum atomic E-state index is -0.411. The van der Waals surface area contributed by atoms with E-state index in [0.717, 1.165) is 5.39 Å². The summed E-state index contributed by atoms with van der Waals surface area (Å²) in [5.41, 5.74) is 0.935. The second-order valence-corrected chi connectivity index (χ2v) is 7.03. The highest BCUT2D eigenvalue weighted by molar-refractivity contribution is 6.36. The molecule has 0 bridgehead atoms. The van der Waals surface area contributed by atoms with Crippen LogP contribution in [0.1, 0.15) is 37.9 Å². The number of anilines is 1. The Balaban J connectivity index is 1.94. The maximum Gasteiger partial charge on any atom is 0.253 e. The molecule has 0 amide bonds. The van der Waals surface area contributed by atoms with Crippen molar-refractivity contribution < 1.29 is 9.47 Å². The second-order valence-electron chi connectivity index (χ2n) is 6.66. The molecular weight excluding hydrogens is 394 g/mol. The van der Waals surface area contributed by atoms with E-state index in [0.29, 0.717) is 21.9 Å². The van der Waals surface area contributed by atoms with Crippen LogP contribution in [0.3, 0.4) is 0 Å². The first kappa shape index (κ1) is 20.4. The van der Waals surface area contributed by atoms with Crippen molar-refractivity contribution >= 4 is 28.5 Å². The van der Waals surface area contributed by atoms with Crippen LogP contribution in [0, 0.1) is 11.3 Å². The second kappa shape index (κ2) is 8.37. The molecule has 0 aliphatic rings. The Kier molecular flexibility index (Phi) is 5.89. The highest BCUT2D eigenvalue weighted by Gasteiger charge is 2.16. The Morgan fingerprint density at radius 1 is 1.31 bits per heavy atom. The fraction of sp³-hybridized carbons (Fsp3) is 0.300. The molecule has 0 radical (unpaired) electrons. The van der Waals surface area contributed by atoms with Gasteiger partial charge in [0.2, 0.25) is 11.8 Å². The number of methoxy groups -OCH3 is 1. The third-order valence-electron chi connectivity index (χ3n) is 4.19. The summed E-state index contributed by atoms with van der Waals surface area (Å²) < 4.78 is 10.8. The Morgan fingerprint density at radius 2 is 2.07 bits per heavy atom. The van der Waals surface area contributed by atoms with E-state index in [1.807, 2.05) is 32.9 Å². The summed E-state index contributed by atoms with van der Waals surface area (Å²) in [6.07, 6.45) is 1.33. The number of aromatic amines is 1. The lowest BCUT2D eigenvalue weighted by Crippen LogP contribution is -2.20. The molecule has 2 N–H and O–H groups in total. The number of H-pyrrole nitrogens is 1. The van der Waals surface area contributed by atoms with Gasteiger partial charge in [-0.1, -0.05) is 11.6 Å². The fourth-order valence-electron chi connectivity index (χ4n) is 2.84. The zero-order chi connectivity index (χ0) is 21.1. The summed E-state index contributed by atoms with van der Waals surface area (Å²) in [5, 5.41) is 13.2. The van der Waals surface area contributed by atoms with E-state index in [1.54, 1.807) is 12.1 Å². The summed E-state index contributed by atoms with van der Waals surface area (Å²) in [6, 6.07) is 6.92. The molecule has 0 aliphatic heterocycles. The molecule has 9 heteroatoms. The zero-order valence-corrected chi connectivity index (χ0v) is 17.2. The number of ether oxygens (including phenoxy) is 2. The Morgan fingerprint density at radius 3 is 2.72 bits per heavy atom. The number of halogens is 1. The first-order valence-corrected chi connectivity index (χ1v) is 9.31. The fourth-order valence-corrected chi connectivity index (χ4v) is 3.11. The topological polar surface area (TPSA) is 113 Å². The average molecular weight is 414 g/mol. The molecule has 0 unspecified atom stereocenters. The van der Waals surface area contributed by atoms with E-state index in [9.17, 15) is 4.79 Å². The predicted octanol–water partition coefficient (Wildman–Crippen LogP) is 3.81. The largest absolute Gasteiger partial charge is 0.489 e. The van der Waals surface area contributed by atoms with Gasteiger partial charge in [0.15, 0.2) is 0 Å². The molecule has 150 valence electrons. The van der Waals surface area contributed by atoms with Gasteiger partial charge in [-0.2, -0.15) is 10.2 Å². The van der Waals surface area contributed by atoms with Gasteiger partial charge in [-0.15, -0.1) is 0 Å². The summed E-state index contributed by atoms with van der Waals surface area (Å²) in [5.74, 6) is 0.919. The molecular formula is C20H20ClN5O3. The zero-order valence-electron chi connectivity index (χ0n) is 16.4. The van der Waals surface area contributed by atoms with Gasteiger partial charge in [0.1, 0.15) is 22.4 Å². The summed E-state index contributed by atoms with van der Waals surface area (Å²) >= 11 is 6.41.